The van der Waals surface area contributed by atoms with Gasteiger partial charge in [0.2, 0.25) is 0 Å². The minimum absolute atomic E-state index is 0.252. The molecule has 4 rings (SSSR count). The average molecular weight is 218 g/mol. The molecule has 0 aromatic heterocycles. The highest BCUT2D eigenvalue weighted by molar-refractivity contribution is 5.35. The molecule has 3 aliphatic carbocycles. The highest BCUT2D eigenvalue weighted by Crippen LogP contribution is 2.74. The van der Waals surface area contributed by atoms with Gasteiger partial charge in [-0.25, -0.2) is 0 Å². The maximum absolute atomic E-state index is 9.58. The molecular formula is C13H18N2O. The number of hydrogen-bond donors (Lipinski definition) is 1. The highest BCUT2D eigenvalue weighted by Gasteiger charge is 2.68. The molecule has 3 saturated carbocycles. The Morgan fingerprint density at radius 1 is 1.25 bits per heavy atom. The molecule has 1 heterocycles. The average Bonchev–Trinajstić information content (AvgIpc) is 2.67. The molecular weight excluding hydrogens is 200 g/mol. The molecule has 3 fully saturated rings. The van der Waals surface area contributed by atoms with Gasteiger partial charge in [0.1, 0.15) is 0 Å². The highest BCUT2D eigenvalue weighted by atomic mass is 16.3. The van der Waals surface area contributed by atoms with Crippen LogP contribution in [0.3, 0.4) is 0 Å². The Labute approximate surface area is 95.6 Å². The standard InChI is InChI=1S/C13H18N2O/c16-8-13-5-1-4-12(13,7-13)6-9-10-2-3-11(9)15-14-10/h6,10-11,16H,1-5,7-8H2/t10-,11+,12-,13-/m1/s1. The molecule has 3 nitrogen and oxygen atoms in total. The maximum atomic E-state index is 9.58. The summed E-state index contributed by atoms with van der Waals surface area (Å²) >= 11 is 0. The second kappa shape index (κ2) is 2.76. The predicted molar refractivity (Wildman–Crippen MR) is 60.2 cm³/mol. The van der Waals surface area contributed by atoms with Crippen LogP contribution in [0.15, 0.2) is 21.9 Å². The number of azo groups is 1. The second-order valence-electron chi connectivity index (χ2n) is 6.11. The van der Waals surface area contributed by atoms with E-state index < -0.39 is 0 Å². The quantitative estimate of drug-likeness (QED) is 0.711. The van der Waals surface area contributed by atoms with Crippen LogP contribution in [0.4, 0.5) is 0 Å². The Bertz CT molecular complexity index is 387. The molecule has 4 atom stereocenters. The first kappa shape index (κ1) is 9.34. The van der Waals surface area contributed by atoms with Crippen molar-refractivity contribution in [3.8, 4) is 0 Å². The van der Waals surface area contributed by atoms with Crippen molar-refractivity contribution in [1.82, 2.24) is 0 Å². The van der Waals surface area contributed by atoms with Crippen LogP contribution in [0, 0.1) is 10.8 Å². The van der Waals surface area contributed by atoms with Crippen LogP contribution in [-0.2, 0) is 0 Å². The van der Waals surface area contributed by atoms with Crippen LogP contribution >= 0.6 is 0 Å². The predicted octanol–water partition coefficient (Wildman–Crippen LogP) is 2.46. The molecule has 86 valence electrons. The normalized spacial score (nSPS) is 54.9. The number of hydrogen-bond acceptors (Lipinski definition) is 3. The minimum Gasteiger partial charge on any atom is -0.396 e. The molecule has 0 aromatic rings. The molecule has 2 bridgehead atoms. The minimum atomic E-state index is 0.252. The summed E-state index contributed by atoms with van der Waals surface area (Å²) in [6.07, 6.45) is 9.86. The fourth-order valence-electron chi connectivity index (χ4n) is 4.35. The Morgan fingerprint density at radius 3 is 2.56 bits per heavy atom. The number of fused-ring (bicyclic) bond motifs is 3. The largest absolute Gasteiger partial charge is 0.396 e. The molecule has 1 N–H and O–H groups in total. The van der Waals surface area contributed by atoms with Gasteiger partial charge < -0.3 is 5.11 Å². The van der Waals surface area contributed by atoms with Crippen molar-refractivity contribution in [3.05, 3.63) is 11.6 Å². The third-order valence-electron chi connectivity index (χ3n) is 5.44. The fraction of sp³-hybridized carbons (Fsp3) is 0.846. The van der Waals surface area contributed by atoms with Crippen molar-refractivity contribution < 1.29 is 5.11 Å². The van der Waals surface area contributed by atoms with Crippen molar-refractivity contribution in [3.63, 3.8) is 0 Å². The lowest BCUT2D eigenvalue weighted by molar-refractivity contribution is 0.196. The van der Waals surface area contributed by atoms with E-state index in [0.717, 1.165) is 0 Å². The van der Waals surface area contributed by atoms with Gasteiger partial charge in [0.05, 0.1) is 12.1 Å². The van der Waals surface area contributed by atoms with Gasteiger partial charge in [0.15, 0.2) is 0 Å². The lowest BCUT2D eigenvalue weighted by Gasteiger charge is -2.14. The smallest absolute Gasteiger partial charge is 0.0940 e. The van der Waals surface area contributed by atoms with E-state index in [1.54, 1.807) is 0 Å². The van der Waals surface area contributed by atoms with Gasteiger partial charge in [0.25, 0.3) is 0 Å². The fourth-order valence-corrected chi connectivity index (χ4v) is 4.35. The van der Waals surface area contributed by atoms with E-state index >= 15 is 0 Å². The van der Waals surface area contributed by atoms with Crippen molar-refractivity contribution in [2.75, 3.05) is 6.61 Å². The number of allylic oxidation sites excluding steroid dienone is 1. The van der Waals surface area contributed by atoms with Gasteiger partial charge in [-0.05, 0) is 43.1 Å². The van der Waals surface area contributed by atoms with E-state index in [-0.39, 0.29) is 5.41 Å². The number of nitrogens with zero attached hydrogens (tertiary/aromatic N) is 2. The van der Waals surface area contributed by atoms with Gasteiger partial charge in [-0.15, -0.1) is 0 Å². The Kier molecular flexibility index (Phi) is 1.61. The Morgan fingerprint density at radius 2 is 2.00 bits per heavy atom. The van der Waals surface area contributed by atoms with Crippen LogP contribution in [-0.4, -0.2) is 23.8 Å². The first-order valence-corrected chi connectivity index (χ1v) is 6.52. The zero-order valence-corrected chi connectivity index (χ0v) is 9.52. The van der Waals surface area contributed by atoms with Gasteiger partial charge in [0, 0.05) is 12.0 Å². The van der Waals surface area contributed by atoms with E-state index in [1.165, 1.54) is 44.1 Å². The summed E-state index contributed by atoms with van der Waals surface area (Å²) in [6.45, 7) is 0.375. The molecule has 3 heteroatoms. The second-order valence-corrected chi connectivity index (χ2v) is 6.11. The molecule has 0 unspecified atom stereocenters. The summed E-state index contributed by atoms with van der Waals surface area (Å²) in [7, 11) is 0. The molecule has 0 radical (unpaired) electrons. The van der Waals surface area contributed by atoms with Crippen LogP contribution in [0.25, 0.3) is 0 Å². The van der Waals surface area contributed by atoms with Gasteiger partial charge in [-0.3, -0.25) is 0 Å². The molecule has 0 aromatic carbocycles. The van der Waals surface area contributed by atoms with Crippen molar-refractivity contribution in [2.24, 2.45) is 21.1 Å². The molecule has 0 spiro atoms. The Hall–Kier alpha value is -0.700. The van der Waals surface area contributed by atoms with E-state index in [0.29, 0.717) is 24.1 Å². The number of aliphatic hydroxyl groups is 1. The summed E-state index contributed by atoms with van der Waals surface area (Å²) < 4.78 is 0. The van der Waals surface area contributed by atoms with Gasteiger partial charge >= 0.3 is 0 Å². The zero-order chi connectivity index (χ0) is 10.8. The van der Waals surface area contributed by atoms with E-state index in [4.69, 9.17) is 0 Å². The third kappa shape index (κ3) is 0.939. The topological polar surface area (TPSA) is 45.0 Å². The zero-order valence-electron chi connectivity index (χ0n) is 9.52. The van der Waals surface area contributed by atoms with Crippen LogP contribution < -0.4 is 0 Å². The van der Waals surface area contributed by atoms with Crippen molar-refractivity contribution >= 4 is 0 Å². The molecule has 1 aliphatic heterocycles. The first-order valence-electron chi connectivity index (χ1n) is 6.52. The SMILES string of the molecule is OC[C@]12CCC[C@@]1(C=C1[C@@H]3CC[C@H]1N=N3)C2. The number of aliphatic hydroxyl groups excluding tert-OH is 1. The number of rotatable bonds is 2. The van der Waals surface area contributed by atoms with E-state index in [9.17, 15) is 5.11 Å². The summed E-state index contributed by atoms with van der Waals surface area (Å²) in [6, 6.07) is 0.800. The summed E-state index contributed by atoms with van der Waals surface area (Å²) in [4.78, 5) is 0. The first-order chi connectivity index (χ1) is 7.79. The van der Waals surface area contributed by atoms with E-state index in [2.05, 4.69) is 16.3 Å². The summed E-state index contributed by atoms with van der Waals surface area (Å²) in [5, 5.41) is 18.2. The van der Waals surface area contributed by atoms with E-state index in [1.807, 2.05) is 0 Å². The maximum Gasteiger partial charge on any atom is 0.0940 e. The molecule has 16 heavy (non-hydrogen) atoms. The lowest BCUT2D eigenvalue weighted by atomic mass is 9.92. The molecule has 4 aliphatic rings. The van der Waals surface area contributed by atoms with Crippen LogP contribution in [0.2, 0.25) is 0 Å². The monoisotopic (exact) mass is 218 g/mol. The van der Waals surface area contributed by atoms with Gasteiger partial charge in [-0.1, -0.05) is 12.5 Å². The molecule has 0 amide bonds. The Balaban J connectivity index is 1.67. The van der Waals surface area contributed by atoms with Crippen LogP contribution in [0.1, 0.15) is 38.5 Å². The van der Waals surface area contributed by atoms with Crippen LogP contribution in [0.5, 0.6) is 0 Å². The lowest BCUT2D eigenvalue weighted by Crippen LogP contribution is -2.12. The summed E-state index contributed by atoms with van der Waals surface area (Å²) in [5.74, 6) is 0. The van der Waals surface area contributed by atoms with Crippen molar-refractivity contribution in [1.29, 1.82) is 0 Å². The summed E-state index contributed by atoms with van der Waals surface area (Å²) in [5.41, 5.74) is 2.08. The van der Waals surface area contributed by atoms with Crippen molar-refractivity contribution in [2.45, 2.75) is 50.6 Å². The third-order valence-corrected chi connectivity index (χ3v) is 5.44. The molecule has 0 saturated heterocycles. The van der Waals surface area contributed by atoms with Gasteiger partial charge in [-0.2, -0.15) is 10.2 Å².